The number of hydrogen-bond acceptors (Lipinski definition) is 4. The second kappa shape index (κ2) is 7.45. The second-order valence-corrected chi connectivity index (χ2v) is 6.58. The van der Waals surface area contributed by atoms with Crippen LogP contribution in [0.4, 0.5) is 0 Å². The van der Waals surface area contributed by atoms with Gasteiger partial charge in [0.2, 0.25) is 0 Å². The molecule has 23 heavy (non-hydrogen) atoms. The summed E-state index contributed by atoms with van der Waals surface area (Å²) in [5.74, 6) is 0.750. The number of morpholine rings is 1. The topological polar surface area (TPSA) is 50.6 Å². The Morgan fingerprint density at radius 2 is 2.00 bits per heavy atom. The molecule has 0 aromatic carbocycles. The number of ether oxygens (including phenoxy) is 1. The molecule has 0 radical (unpaired) electrons. The van der Waals surface area contributed by atoms with Crippen molar-refractivity contribution in [1.29, 1.82) is 0 Å². The summed E-state index contributed by atoms with van der Waals surface area (Å²) in [6.07, 6.45) is 4.04. The van der Waals surface area contributed by atoms with E-state index >= 15 is 0 Å². The van der Waals surface area contributed by atoms with Crippen LogP contribution in [0.3, 0.4) is 0 Å². The molecular weight excluding hydrogens is 292 g/mol. The van der Waals surface area contributed by atoms with Crippen LogP contribution in [0.1, 0.15) is 37.2 Å². The highest BCUT2D eigenvalue weighted by molar-refractivity contribution is 5.92. The summed E-state index contributed by atoms with van der Waals surface area (Å²) in [7, 11) is 0. The van der Waals surface area contributed by atoms with Gasteiger partial charge in [0.05, 0.1) is 13.2 Å². The Morgan fingerprint density at radius 3 is 2.61 bits per heavy atom. The molecule has 2 fully saturated rings. The lowest BCUT2D eigenvalue weighted by atomic mass is 9.89. The standard InChI is InChI=1S/C17H28N4O2/c1-3-21-9-6-16(18-21)17(22)20-7-4-15(5-8-20)14(2)19-10-12-23-13-11-19/h6,9,14-15H,3-5,7-8,10-13H2,1-2H3. The van der Waals surface area contributed by atoms with Crippen molar-refractivity contribution in [3.63, 3.8) is 0 Å². The van der Waals surface area contributed by atoms with E-state index in [0.717, 1.165) is 58.8 Å². The number of piperidine rings is 1. The Hall–Kier alpha value is -1.40. The molecule has 3 rings (SSSR count). The normalized spacial score (nSPS) is 22.3. The third kappa shape index (κ3) is 3.75. The molecule has 1 atom stereocenters. The Labute approximate surface area is 138 Å². The largest absolute Gasteiger partial charge is 0.379 e. The Kier molecular flexibility index (Phi) is 5.33. The Balaban J connectivity index is 1.52. The summed E-state index contributed by atoms with van der Waals surface area (Å²) < 4.78 is 7.25. The maximum absolute atomic E-state index is 12.5. The van der Waals surface area contributed by atoms with Crippen LogP contribution in [0.25, 0.3) is 0 Å². The predicted molar refractivity (Wildman–Crippen MR) is 88.4 cm³/mol. The zero-order chi connectivity index (χ0) is 16.2. The number of aryl methyl sites for hydroxylation is 1. The molecule has 1 aromatic heterocycles. The molecular formula is C17H28N4O2. The van der Waals surface area contributed by atoms with Crippen molar-refractivity contribution >= 4 is 5.91 Å². The maximum atomic E-state index is 12.5. The van der Waals surface area contributed by atoms with Crippen molar-refractivity contribution in [1.82, 2.24) is 19.6 Å². The van der Waals surface area contributed by atoms with Crippen molar-refractivity contribution in [3.05, 3.63) is 18.0 Å². The zero-order valence-electron chi connectivity index (χ0n) is 14.3. The minimum Gasteiger partial charge on any atom is -0.379 e. The zero-order valence-corrected chi connectivity index (χ0v) is 14.3. The lowest BCUT2D eigenvalue weighted by molar-refractivity contribution is -0.000991. The van der Waals surface area contributed by atoms with Crippen molar-refractivity contribution in [2.24, 2.45) is 5.92 Å². The first-order valence-corrected chi connectivity index (χ1v) is 8.83. The molecule has 128 valence electrons. The monoisotopic (exact) mass is 320 g/mol. The van der Waals surface area contributed by atoms with Gasteiger partial charge in [-0.2, -0.15) is 5.10 Å². The van der Waals surface area contributed by atoms with Crippen molar-refractivity contribution < 1.29 is 9.53 Å². The highest BCUT2D eigenvalue weighted by Crippen LogP contribution is 2.25. The lowest BCUT2D eigenvalue weighted by Gasteiger charge is -2.40. The number of carbonyl (C=O) groups excluding carboxylic acids is 1. The first-order valence-electron chi connectivity index (χ1n) is 8.83. The van der Waals surface area contributed by atoms with E-state index in [2.05, 4.69) is 16.9 Å². The predicted octanol–water partition coefficient (Wildman–Crippen LogP) is 1.48. The van der Waals surface area contributed by atoms with Crippen LogP contribution >= 0.6 is 0 Å². The van der Waals surface area contributed by atoms with Gasteiger partial charge in [-0.05, 0) is 38.7 Å². The molecule has 1 unspecified atom stereocenters. The van der Waals surface area contributed by atoms with Crippen LogP contribution in [0.2, 0.25) is 0 Å². The van der Waals surface area contributed by atoms with E-state index in [1.807, 2.05) is 24.1 Å². The van der Waals surface area contributed by atoms with E-state index in [9.17, 15) is 4.79 Å². The van der Waals surface area contributed by atoms with Crippen LogP contribution in [-0.2, 0) is 11.3 Å². The van der Waals surface area contributed by atoms with Crippen LogP contribution in [-0.4, -0.2) is 70.9 Å². The van der Waals surface area contributed by atoms with Crippen LogP contribution < -0.4 is 0 Å². The number of rotatable bonds is 4. The van der Waals surface area contributed by atoms with Gasteiger partial charge in [0.25, 0.3) is 5.91 Å². The number of hydrogen-bond donors (Lipinski definition) is 0. The SMILES string of the molecule is CCn1ccc(C(=O)N2CCC(C(C)N3CCOCC3)CC2)n1. The van der Waals surface area contributed by atoms with Gasteiger partial charge in [-0.1, -0.05) is 0 Å². The molecule has 1 amide bonds. The number of carbonyl (C=O) groups is 1. The molecule has 2 aliphatic rings. The van der Waals surface area contributed by atoms with Gasteiger partial charge < -0.3 is 9.64 Å². The van der Waals surface area contributed by atoms with E-state index in [1.54, 1.807) is 4.68 Å². The third-order valence-electron chi connectivity index (χ3n) is 5.31. The van der Waals surface area contributed by atoms with E-state index in [4.69, 9.17) is 4.74 Å². The number of nitrogens with zero attached hydrogens (tertiary/aromatic N) is 4. The molecule has 1 aromatic rings. The fourth-order valence-electron chi connectivity index (χ4n) is 3.68. The first-order chi connectivity index (χ1) is 11.2. The third-order valence-corrected chi connectivity index (χ3v) is 5.31. The highest BCUT2D eigenvalue weighted by Gasteiger charge is 2.30. The van der Waals surface area contributed by atoms with E-state index in [-0.39, 0.29) is 5.91 Å². The van der Waals surface area contributed by atoms with Crippen molar-refractivity contribution in [3.8, 4) is 0 Å². The molecule has 6 heteroatoms. The first kappa shape index (κ1) is 16.5. The number of aromatic nitrogens is 2. The second-order valence-electron chi connectivity index (χ2n) is 6.58. The molecule has 2 saturated heterocycles. The molecule has 6 nitrogen and oxygen atoms in total. The summed E-state index contributed by atoms with van der Waals surface area (Å²) in [5, 5.41) is 4.33. The fraction of sp³-hybridized carbons (Fsp3) is 0.765. The summed E-state index contributed by atoms with van der Waals surface area (Å²) in [5.41, 5.74) is 0.575. The van der Waals surface area contributed by atoms with E-state index in [1.165, 1.54) is 0 Å². The van der Waals surface area contributed by atoms with Gasteiger partial charge in [-0.25, -0.2) is 0 Å². The summed E-state index contributed by atoms with van der Waals surface area (Å²) >= 11 is 0. The highest BCUT2D eigenvalue weighted by atomic mass is 16.5. The van der Waals surface area contributed by atoms with Crippen LogP contribution in [0.5, 0.6) is 0 Å². The summed E-state index contributed by atoms with van der Waals surface area (Å²) in [4.78, 5) is 17.0. The lowest BCUT2D eigenvalue weighted by Crippen LogP contribution is -2.49. The van der Waals surface area contributed by atoms with Gasteiger partial charge >= 0.3 is 0 Å². The molecule has 2 aliphatic heterocycles. The molecule has 3 heterocycles. The summed E-state index contributed by atoms with van der Waals surface area (Å²) in [6.45, 7) is 10.6. The quantitative estimate of drug-likeness (QED) is 0.843. The van der Waals surface area contributed by atoms with Crippen LogP contribution in [0, 0.1) is 5.92 Å². The Morgan fingerprint density at radius 1 is 1.30 bits per heavy atom. The average molecular weight is 320 g/mol. The maximum Gasteiger partial charge on any atom is 0.274 e. The smallest absolute Gasteiger partial charge is 0.274 e. The minimum atomic E-state index is 0.0784. The van der Waals surface area contributed by atoms with Gasteiger partial charge in [0.1, 0.15) is 5.69 Å². The average Bonchev–Trinajstić information content (AvgIpc) is 3.10. The van der Waals surface area contributed by atoms with E-state index in [0.29, 0.717) is 17.7 Å². The molecule has 0 spiro atoms. The van der Waals surface area contributed by atoms with Gasteiger partial charge in [0, 0.05) is 45.0 Å². The fourth-order valence-corrected chi connectivity index (χ4v) is 3.68. The van der Waals surface area contributed by atoms with Crippen molar-refractivity contribution in [2.75, 3.05) is 39.4 Å². The Bertz CT molecular complexity index is 516. The number of amides is 1. The van der Waals surface area contributed by atoms with Gasteiger partial charge in [0.15, 0.2) is 0 Å². The molecule has 0 aliphatic carbocycles. The number of likely N-dealkylation sites (tertiary alicyclic amines) is 1. The van der Waals surface area contributed by atoms with Gasteiger partial charge in [-0.15, -0.1) is 0 Å². The molecule has 0 N–H and O–H groups in total. The van der Waals surface area contributed by atoms with E-state index < -0.39 is 0 Å². The minimum absolute atomic E-state index is 0.0784. The molecule has 0 bridgehead atoms. The van der Waals surface area contributed by atoms with Crippen molar-refractivity contribution in [2.45, 2.75) is 39.3 Å². The molecule has 0 saturated carbocycles. The summed E-state index contributed by atoms with van der Waals surface area (Å²) in [6, 6.07) is 2.41. The van der Waals surface area contributed by atoms with Gasteiger partial charge in [-0.3, -0.25) is 14.4 Å². The van der Waals surface area contributed by atoms with Crippen LogP contribution in [0.15, 0.2) is 12.3 Å².